The van der Waals surface area contributed by atoms with Crippen LogP contribution in [0.3, 0.4) is 0 Å². The SMILES string of the molecule is CCCCCSc1c(OCCCCC(C)C)c2c(c(OCCCCC(C)C)c1Sc1ccccc1N)C(=N)NC2=N. The molecule has 0 spiro atoms. The Balaban J connectivity index is 2.10. The fourth-order valence-electron chi connectivity index (χ4n) is 4.75. The molecule has 2 aromatic rings. The van der Waals surface area contributed by atoms with Gasteiger partial charge in [-0.3, -0.25) is 10.8 Å². The van der Waals surface area contributed by atoms with E-state index in [-0.39, 0.29) is 11.7 Å². The first-order valence-corrected chi connectivity index (χ1v) is 17.1. The van der Waals surface area contributed by atoms with Crippen molar-refractivity contribution in [3.63, 3.8) is 0 Å². The van der Waals surface area contributed by atoms with Gasteiger partial charge in [-0.1, -0.05) is 84.2 Å². The number of para-hydroxylation sites is 1. The van der Waals surface area contributed by atoms with Gasteiger partial charge in [0.15, 0.2) is 0 Å². The number of fused-ring (bicyclic) bond motifs is 1. The van der Waals surface area contributed by atoms with Crippen LogP contribution in [0.2, 0.25) is 0 Å². The van der Waals surface area contributed by atoms with E-state index in [4.69, 9.17) is 26.0 Å². The maximum absolute atomic E-state index is 8.82. The smallest absolute Gasteiger partial charge is 0.146 e. The third kappa shape index (κ3) is 9.60. The summed E-state index contributed by atoms with van der Waals surface area (Å²) in [6.45, 7) is 12.3. The topological polar surface area (TPSA) is 104 Å². The zero-order chi connectivity index (χ0) is 29.8. The zero-order valence-corrected chi connectivity index (χ0v) is 27.3. The van der Waals surface area contributed by atoms with Crippen molar-refractivity contribution in [1.29, 1.82) is 10.8 Å². The molecule has 2 aromatic carbocycles. The predicted molar refractivity (Wildman–Crippen MR) is 177 cm³/mol. The molecule has 1 aliphatic rings. The molecule has 0 saturated carbocycles. The Bertz CT molecular complexity index is 1170. The van der Waals surface area contributed by atoms with Gasteiger partial charge in [0.2, 0.25) is 0 Å². The molecule has 1 aliphatic heterocycles. The van der Waals surface area contributed by atoms with Crippen LogP contribution in [0.5, 0.6) is 11.5 Å². The average Bonchev–Trinajstić information content (AvgIpc) is 3.22. The van der Waals surface area contributed by atoms with Gasteiger partial charge in [0.1, 0.15) is 23.2 Å². The molecular weight excluding hydrogens is 549 g/mol. The van der Waals surface area contributed by atoms with Crippen LogP contribution in [0, 0.1) is 22.7 Å². The molecule has 41 heavy (non-hydrogen) atoms. The molecule has 0 saturated heterocycles. The third-order valence-electron chi connectivity index (χ3n) is 7.04. The minimum Gasteiger partial charge on any atom is -0.492 e. The number of unbranched alkanes of at least 4 members (excludes halogenated alkanes) is 4. The van der Waals surface area contributed by atoms with Crippen molar-refractivity contribution in [2.45, 2.75) is 107 Å². The quantitative estimate of drug-likeness (QED) is 0.0729. The summed E-state index contributed by atoms with van der Waals surface area (Å²) in [6.07, 6.45) is 9.83. The minimum absolute atomic E-state index is 0.192. The summed E-state index contributed by atoms with van der Waals surface area (Å²) in [5.41, 5.74) is 8.42. The van der Waals surface area contributed by atoms with Crippen molar-refractivity contribution in [2.75, 3.05) is 24.7 Å². The normalized spacial score (nSPS) is 12.8. The molecule has 0 atom stereocenters. The van der Waals surface area contributed by atoms with E-state index in [0.717, 1.165) is 65.4 Å². The number of benzene rings is 2. The van der Waals surface area contributed by atoms with Crippen molar-refractivity contribution in [3.05, 3.63) is 35.4 Å². The number of hydrogen-bond acceptors (Lipinski definition) is 7. The molecule has 226 valence electrons. The lowest BCUT2D eigenvalue weighted by atomic mass is 10.1. The van der Waals surface area contributed by atoms with Gasteiger partial charge in [0.05, 0.1) is 34.1 Å². The molecule has 5 N–H and O–H groups in total. The predicted octanol–water partition coefficient (Wildman–Crippen LogP) is 9.37. The van der Waals surface area contributed by atoms with E-state index in [1.807, 2.05) is 24.3 Å². The molecule has 0 aliphatic carbocycles. The lowest BCUT2D eigenvalue weighted by Crippen LogP contribution is -2.20. The fraction of sp³-hybridized carbons (Fsp3) is 0.576. The highest BCUT2D eigenvalue weighted by atomic mass is 32.2. The molecule has 1 heterocycles. The van der Waals surface area contributed by atoms with Crippen LogP contribution in [-0.2, 0) is 0 Å². The van der Waals surface area contributed by atoms with Gasteiger partial charge in [-0.25, -0.2) is 0 Å². The summed E-state index contributed by atoms with van der Waals surface area (Å²) in [5.74, 6) is 4.04. The second kappa shape index (κ2) is 17.0. The highest BCUT2D eigenvalue weighted by Crippen LogP contribution is 2.52. The number of nitrogens with one attached hydrogen (secondary N) is 3. The molecule has 0 radical (unpaired) electrons. The molecular formula is C33H50N4O2S2. The summed E-state index contributed by atoms with van der Waals surface area (Å²) < 4.78 is 13.1. The van der Waals surface area contributed by atoms with Crippen molar-refractivity contribution >= 4 is 40.9 Å². The Morgan fingerprint density at radius 2 is 1.34 bits per heavy atom. The number of nitrogen functional groups attached to an aromatic ring is 1. The lowest BCUT2D eigenvalue weighted by molar-refractivity contribution is 0.281. The summed E-state index contributed by atoms with van der Waals surface area (Å²) in [4.78, 5) is 2.88. The second-order valence-electron chi connectivity index (χ2n) is 11.6. The van der Waals surface area contributed by atoms with Crippen LogP contribution in [0.1, 0.15) is 104 Å². The summed E-state index contributed by atoms with van der Waals surface area (Å²) >= 11 is 3.36. The number of anilines is 1. The van der Waals surface area contributed by atoms with Crippen molar-refractivity contribution < 1.29 is 9.47 Å². The Morgan fingerprint density at radius 3 is 1.88 bits per heavy atom. The van der Waals surface area contributed by atoms with Crippen molar-refractivity contribution in [3.8, 4) is 11.5 Å². The van der Waals surface area contributed by atoms with E-state index in [1.54, 1.807) is 23.5 Å². The molecule has 3 rings (SSSR count). The highest BCUT2D eigenvalue weighted by molar-refractivity contribution is 8.02. The summed E-state index contributed by atoms with van der Waals surface area (Å²) in [7, 11) is 0. The fourth-order valence-corrected chi connectivity index (χ4v) is 7.12. The van der Waals surface area contributed by atoms with Gasteiger partial charge < -0.3 is 20.5 Å². The van der Waals surface area contributed by atoms with Gasteiger partial charge in [0.25, 0.3) is 0 Å². The minimum atomic E-state index is 0.192. The van der Waals surface area contributed by atoms with Crippen LogP contribution in [0.15, 0.2) is 39.0 Å². The largest absolute Gasteiger partial charge is 0.492 e. The van der Waals surface area contributed by atoms with E-state index in [2.05, 4.69) is 39.9 Å². The van der Waals surface area contributed by atoms with E-state index < -0.39 is 0 Å². The van der Waals surface area contributed by atoms with E-state index in [1.165, 1.54) is 12.8 Å². The monoisotopic (exact) mass is 598 g/mol. The maximum atomic E-state index is 8.82. The molecule has 0 aromatic heterocycles. The standard InChI is InChI=1S/C33H50N4O2S2/c1-6-7-14-21-40-30-28(38-19-12-10-15-22(2)3)26-27(33(36)37-32(26)35)29(39-20-13-11-16-23(4)5)31(30)41-25-18-9-8-17-24(25)34/h8-9,17-18,22-23H,6-7,10-16,19-21,34H2,1-5H3,(H3,35,36,37). The Kier molecular flexibility index (Phi) is 13.7. The van der Waals surface area contributed by atoms with Gasteiger partial charge in [-0.15, -0.1) is 11.8 Å². The number of ether oxygens (including phenoxy) is 2. The first kappa shape index (κ1) is 33.2. The van der Waals surface area contributed by atoms with Gasteiger partial charge >= 0.3 is 0 Å². The van der Waals surface area contributed by atoms with Crippen LogP contribution in [0.4, 0.5) is 5.69 Å². The number of hydrogen-bond donors (Lipinski definition) is 4. The number of amidine groups is 2. The third-order valence-corrected chi connectivity index (χ3v) is 9.53. The number of rotatable bonds is 19. The lowest BCUT2D eigenvalue weighted by Gasteiger charge is -2.23. The maximum Gasteiger partial charge on any atom is 0.146 e. The number of nitrogens with two attached hydrogens (primary N) is 1. The van der Waals surface area contributed by atoms with Crippen LogP contribution in [-0.4, -0.2) is 30.6 Å². The Morgan fingerprint density at radius 1 is 0.780 bits per heavy atom. The molecule has 0 fully saturated rings. The molecule has 0 amide bonds. The highest BCUT2D eigenvalue weighted by Gasteiger charge is 2.36. The second-order valence-corrected chi connectivity index (χ2v) is 13.8. The van der Waals surface area contributed by atoms with Crippen LogP contribution in [0.25, 0.3) is 0 Å². The Labute approximate surface area is 256 Å². The zero-order valence-electron chi connectivity index (χ0n) is 25.7. The van der Waals surface area contributed by atoms with E-state index >= 15 is 0 Å². The van der Waals surface area contributed by atoms with Gasteiger partial charge in [-0.2, -0.15) is 0 Å². The summed E-state index contributed by atoms with van der Waals surface area (Å²) in [6, 6.07) is 7.89. The van der Waals surface area contributed by atoms with Gasteiger partial charge in [0, 0.05) is 10.6 Å². The van der Waals surface area contributed by atoms with Crippen LogP contribution < -0.4 is 20.5 Å². The van der Waals surface area contributed by atoms with Crippen LogP contribution >= 0.6 is 23.5 Å². The molecule has 8 heteroatoms. The molecule has 0 unspecified atom stereocenters. The van der Waals surface area contributed by atoms with Gasteiger partial charge in [-0.05, 0) is 61.8 Å². The molecule has 0 bridgehead atoms. The summed E-state index contributed by atoms with van der Waals surface area (Å²) in [5, 5.41) is 20.6. The number of thioether (sulfide) groups is 1. The van der Waals surface area contributed by atoms with Crippen molar-refractivity contribution in [2.24, 2.45) is 11.8 Å². The van der Waals surface area contributed by atoms with Crippen molar-refractivity contribution in [1.82, 2.24) is 5.32 Å². The Hall–Kier alpha value is -2.32. The van der Waals surface area contributed by atoms with E-state index in [9.17, 15) is 0 Å². The first-order valence-electron chi connectivity index (χ1n) is 15.3. The molecule has 6 nitrogen and oxygen atoms in total. The first-order chi connectivity index (χ1) is 19.7. The average molecular weight is 599 g/mol. The van der Waals surface area contributed by atoms with E-state index in [0.29, 0.717) is 53.4 Å².